The first-order valence-corrected chi connectivity index (χ1v) is 10.2. The molecule has 0 aliphatic carbocycles. The van der Waals surface area contributed by atoms with Crippen LogP contribution < -0.4 is 9.47 Å². The van der Waals surface area contributed by atoms with E-state index in [4.69, 9.17) is 9.47 Å². The van der Waals surface area contributed by atoms with Crippen LogP contribution in [0.2, 0.25) is 0 Å². The lowest BCUT2D eigenvalue weighted by Gasteiger charge is -2.34. The molecule has 2 aromatic rings. The van der Waals surface area contributed by atoms with Crippen molar-refractivity contribution in [1.29, 1.82) is 0 Å². The van der Waals surface area contributed by atoms with Crippen LogP contribution >= 0.6 is 12.4 Å². The number of benzene rings is 2. The number of piperazine rings is 1. The fourth-order valence-corrected chi connectivity index (χ4v) is 4.74. The second kappa shape index (κ2) is 8.48. The predicted octanol–water partition coefficient (Wildman–Crippen LogP) is 2.39. The van der Waals surface area contributed by atoms with E-state index >= 15 is 0 Å². The second-order valence-electron chi connectivity index (χ2n) is 6.47. The van der Waals surface area contributed by atoms with E-state index in [1.807, 2.05) is 18.2 Å². The Kier molecular flexibility index (Phi) is 6.26. The molecule has 0 unspecified atom stereocenters. The van der Waals surface area contributed by atoms with E-state index in [9.17, 15) is 8.42 Å². The van der Waals surface area contributed by atoms with Crippen molar-refractivity contribution in [2.24, 2.45) is 0 Å². The number of sulfonamides is 1. The minimum Gasteiger partial charge on any atom is -0.486 e. The SMILES string of the molecule is Cl.O=S(=O)(c1ccc2c(c1)OCCO2)N1CCN(Cc2ccccc2)CC1. The van der Waals surface area contributed by atoms with Gasteiger partial charge in [-0.05, 0) is 17.7 Å². The molecule has 0 bridgehead atoms. The smallest absolute Gasteiger partial charge is 0.243 e. The summed E-state index contributed by atoms with van der Waals surface area (Å²) >= 11 is 0. The van der Waals surface area contributed by atoms with Crippen LogP contribution in [0.5, 0.6) is 11.5 Å². The molecule has 2 aliphatic rings. The van der Waals surface area contributed by atoms with Gasteiger partial charge in [-0.1, -0.05) is 30.3 Å². The van der Waals surface area contributed by atoms with Crippen LogP contribution in [0, 0.1) is 0 Å². The first-order chi connectivity index (χ1) is 12.6. The highest BCUT2D eigenvalue weighted by Gasteiger charge is 2.29. The molecule has 1 saturated heterocycles. The van der Waals surface area contributed by atoms with Gasteiger partial charge < -0.3 is 9.47 Å². The summed E-state index contributed by atoms with van der Waals surface area (Å²) in [4.78, 5) is 2.55. The molecule has 0 aromatic heterocycles. The third-order valence-electron chi connectivity index (χ3n) is 4.73. The predicted molar refractivity (Wildman–Crippen MR) is 105 cm³/mol. The molecule has 2 heterocycles. The van der Waals surface area contributed by atoms with Gasteiger partial charge >= 0.3 is 0 Å². The molecule has 1 fully saturated rings. The number of halogens is 1. The van der Waals surface area contributed by atoms with Crippen LogP contribution in [-0.4, -0.2) is 57.0 Å². The lowest BCUT2D eigenvalue weighted by Crippen LogP contribution is -2.48. The van der Waals surface area contributed by atoms with E-state index in [-0.39, 0.29) is 17.3 Å². The maximum absolute atomic E-state index is 12.9. The summed E-state index contributed by atoms with van der Waals surface area (Å²) in [5.41, 5.74) is 1.25. The topological polar surface area (TPSA) is 59.1 Å². The van der Waals surface area contributed by atoms with Gasteiger partial charge in [-0.3, -0.25) is 4.90 Å². The zero-order valence-electron chi connectivity index (χ0n) is 14.9. The van der Waals surface area contributed by atoms with E-state index in [1.165, 1.54) is 5.56 Å². The van der Waals surface area contributed by atoms with Crippen molar-refractivity contribution in [2.75, 3.05) is 39.4 Å². The molecule has 0 radical (unpaired) electrons. The molecule has 146 valence electrons. The van der Waals surface area contributed by atoms with Crippen molar-refractivity contribution in [3.05, 3.63) is 54.1 Å². The van der Waals surface area contributed by atoms with Crippen LogP contribution in [-0.2, 0) is 16.6 Å². The molecule has 0 spiro atoms. The van der Waals surface area contributed by atoms with Gasteiger partial charge in [-0.15, -0.1) is 12.4 Å². The average Bonchev–Trinajstić information content (AvgIpc) is 2.69. The largest absolute Gasteiger partial charge is 0.486 e. The molecule has 27 heavy (non-hydrogen) atoms. The van der Waals surface area contributed by atoms with E-state index in [0.29, 0.717) is 37.8 Å². The zero-order valence-corrected chi connectivity index (χ0v) is 16.5. The van der Waals surface area contributed by atoms with Crippen molar-refractivity contribution in [1.82, 2.24) is 9.21 Å². The first kappa shape index (κ1) is 19.9. The summed E-state index contributed by atoms with van der Waals surface area (Å²) in [6.45, 7) is 4.19. The van der Waals surface area contributed by atoms with Crippen molar-refractivity contribution >= 4 is 22.4 Å². The van der Waals surface area contributed by atoms with Crippen LogP contribution in [0.15, 0.2) is 53.4 Å². The van der Waals surface area contributed by atoms with Gasteiger partial charge in [0.15, 0.2) is 11.5 Å². The number of nitrogens with zero attached hydrogens (tertiary/aromatic N) is 2. The monoisotopic (exact) mass is 410 g/mol. The quantitative estimate of drug-likeness (QED) is 0.774. The summed E-state index contributed by atoms with van der Waals surface area (Å²) in [6, 6.07) is 15.1. The van der Waals surface area contributed by atoms with E-state index < -0.39 is 10.0 Å². The van der Waals surface area contributed by atoms with Crippen molar-refractivity contribution < 1.29 is 17.9 Å². The molecule has 6 nitrogen and oxygen atoms in total. The standard InChI is InChI=1S/C19H22N2O4S.ClH/c22-26(23,17-6-7-18-19(14-17)25-13-12-24-18)21-10-8-20(9-11-21)15-16-4-2-1-3-5-16;/h1-7,14H,8-13,15H2;1H. The molecule has 0 N–H and O–H groups in total. The fourth-order valence-electron chi connectivity index (χ4n) is 3.30. The Morgan fingerprint density at radius 3 is 2.22 bits per heavy atom. The Labute approximate surface area is 166 Å². The van der Waals surface area contributed by atoms with Gasteiger partial charge in [-0.2, -0.15) is 4.31 Å². The number of rotatable bonds is 4. The van der Waals surface area contributed by atoms with Crippen LogP contribution in [0.25, 0.3) is 0 Å². The van der Waals surface area contributed by atoms with Gasteiger partial charge in [0.05, 0.1) is 4.90 Å². The van der Waals surface area contributed by atoms with E-state index in [2.05, 4.69) is 17.0 Å². The average molecular weight is 411 g/mol. The highest BCUT2D eigenvalue weighted by Crippen LogP contribution is 2.33. The van der Waals surface area contributed by atoms with Gasteiger partial charge in [0.1, 0.15) is 13.2 Å². The van der Waals surface area contributed by atoms with Crippen molar-refractivity contribution in [3.63, 3.8) is 0 Å². The lowest BCUT2D eigenvalue weighted by molar-refractivity contribution is 0.170. The number of hydrogen-bond acceptors (Lipinski definition) is 5. The van der Waals surface area contributed by atoms with Gasteiger partial charge in [0, 0.05) is 38.8 Å². The second-order valence-corrected chi connectivity index (χ2v) is 8.41. The summed E-state index contributed by atoms with van der Waals surface area (Å²) in [5.74, 6) is 1.10. The van der Waals surface area contributed by atoms with Gasteiger partial charge in [-0.25, -0.2) is 8.42 Å². The molecule has 0 atom stereocenters. The number of ether oxygens (including phenoxy) is 2. The minimum absolute atomic E-state index is 0. The number of fused-ring (bicyclic) bond motifs is 1. The van der Waals surface area contributed by atoms with Crippen molar-refractivity contribution in [3.8, 4) is 11.5 Å². The van der Waals surface area contributed by atoms with Gasteiger partial charge in [0.2, 0.25) is 10.0 Å². The molecular weight excluding hydrogens is 388 g/mol. The summed E-state index contributed by atoms with van der Waals surface area (Å²) in [7, 11) is -3.52. The molecule has 8 heteroatoms. The van der Waals surface area contributed by atoms with E-state index in [0.717, 1.165) is 19.6 Å². The van der Waals surface area contributed by atoms with Crippen LogP contribution in [0.3, 0.4) is 0 Å². The van der Waals surface area contributed by atoms with Crippen LogP contribution in [0.4, 0.5) is 0 Å². The Bertz CT molecular complexity index is 869. The molecule has 2 aromatic carbocycles. The lowest BCUT2D eigenvalue weighted by atomic mass is 10.2. The molecular formula is C19H23ClN2O4S. The highest BCUT2D eigenvalue weighted by atomic mass is 35.5. The van der Waals surface area contributed by atoms with Crippen molar-refractivity contribution in [2.45, 2.75) is 11.4 Å². The molecule has 2 aliphatic heterocycles. The summed E-state index contributed by atoms with van der Waals surface area (Å²) in [5, 5.41) is 0. The van der Waals surface area contributed by atoms with E-state index in [1.54, 1.807) is 22.5 Å². The zero-order chi connectivity index (χ0) is 18.0. The molecule has 0 saturated carbocycles. The Morgan fingerprint density at radius 2 is 1.52 bits per heavy atom. The maximum atomic E-state index is 12.9. The number of hydrogen-bond donors (Lipinski definition) is 0. The van der Waals surface area contributed by atoms with Gasteiger partial charge in [0.25, 0.3) is 0 Å². The first-order valence-electron chi connectivity index (χ1n) is 8.79. The minimum atomic E-state index is -3.52. The maximum Gasteiger partial charge on any atom is 0.243 e. The third kappa shape index (κ3) is 4.38. The summed E-state index contributed by atoms with van der Waals surface area (Å²) in [6.07, 6.45) is 0. The third-order valence-corrected chi connectivity index (χ3v) is 6.63. The Hall–Kier alpha value is -1.80. The normalized spacial score (nSPS) is 17.9. The summed E-state index contributed by atoms with van der Waals surface area (Å²) < 4.78 is 38.4. The Morgan fingerprint density at radius 1 is 0.852 bits per heavy atom. The highest BCUT2D eigenvalue weighted by molar-refractivity contribution is 7.89. The Balaban J connectivity index is 0.00000210. The fraction of sp³-hybridized carbons (Fsp3) is 0.368. The van der Waals surface area contributed by atoms with Crippen LogP contribution in [0.1, 0.15) is 5.56 Å². The molecule has 4 rings (SSSR count). The molecule has 0 amide bonds.